The maximum absolute atomic E-state index is 13.3. The lowest BCUT2D eigenvalue weighted by molar-refractivity contribution is -0.387. The molecular formula is C12H16FN3O4S. The van der Waals surface area contributed by atoms with E-state index in [0.29, 0.717) is 12.8 Å². The van der Waals surface area contributed by atoms with E-state index in [9.17, 15) is 22.9 Å². The zero-order valence-corrected chi connectivity index (χ0v) is 12.2. The average Bonchev–Trinajstić information content (AvgIpc) is 2.38. The molecule has 1 fully saturated rings. The lowest BCUT2D eigenvalue weighted by Gasteiger charge is -2.35. The molecule has 1 aromatic carbocycles. The summed E-state index contributed by atoms with van der Waals surface area (Å²) in [5, 5.41) is 10.7. The van der Waals surface area contributed by atoms with Crippen molar-refractivity contribution in [3.8, 4) is 0 Å². The molecule has 7 nitrogen and oxygen atoms in total. The fourth-order valence-electron chi connectivity index (χ4n) is 2.47. The Hall–Kier alpha value is -1.58. The van der Waals surface area contributed by atoms with E-state index in [-0.39, 0.29) is 23.5 Å². The fourth-order valence-corrected chi connectivity index (χ4v) is 4.15. The highest BCUT2D eigenvalue weighted by Crippen LogP contribution is 2.28. The van der Waals surface area contributed by atoms with Gasteiger partial charge < -0.3 is 5.73 Å². The van der Waals surface area contributed by atoms with Crippen molar-refractivity contribution in [2.24, 2.45) is 5.73 Å². The van der Waals surface area contributed by atoms with Crippen LogP contribution in [0.3, 0.4) is 0 Å². The van der Waals surface area contributed by atoms with Crippen molar-refractivity contribution < 1.29 is 17.7 Å². The summed E-state index contributed by atoms with van der Waals surface area (Å²) in [5.41, 5.74) is 4.94. The molecule has 2 N–H and O–H groups in total. The number of piperidine rings is 1. The summed E-state index contributed by atoms with van der Waals surface area (Å²) in [6.45, 7) is 1.98. The Morgan fingerprint density at radius 2 is 2.14 bits per heavy atom. The van der Waals surface area contributed by atoms with Gasteiger partial charge in [-0.05, 0) is 31.9 Å². The van der Waals surface area contributed by atoms with Crippen LogP contribution in [0, 0.1) is 15.9 Å². The summed E-state index contributed by atoms with van der Waals surface area (Å²) in [5.74, 6) is -1.06. The maximum Gasteiger partial charge on any atom is 0.306 e. The fraction of sp³-hybridized carbons (Fsp3) is 0.500. The van der Waals surface area contributed by atoms with Crippen LogP contribution in [-0.2, 0) is 10.0 Å². The van der Waals surface area contributed by atoms with E-state index in [1.54, 1.807) is 6.92 Å². The first-order chi connectivity index (χ1) is 9.73. The van der Waals surface area contributed by atoms with Crippen LogP contribution in [0.1, 0.15) is 19.8 Å². The van der Waals surface area contributed by atoms with Crippen LogP contribution in [0.15, 0.2) is 23.1 Å². The third-order valence-electron chi connectivity index (χ3n) is 3.58. The molecular weight excluding hydrogens is 301 g/mol. The number of hydrogen-bond donors (Lipinski definition) is 1. The van der Waals surface area contributed by atoms with Crippen LogP contribution in [0.25, 0.3) is 0 Å². The molecule has 1 aliphatic rings. The van der Waals surface area contributed by atoms with Crippen molar-refractivity contribution in [2.75, 3.05) is 6.54 Å². The zero-order chi connectivity index (χ0) is 15.8. The average molecular weight is 317 g/mol. The van der Waals surface area contributed by atoms with Gasteiger partial charge in [-0.2, -0.15) is 8.70 Å². The Balaban J connectivity index is 2.40. The summed E-state index contributed by atoms with van der Waals surface area (Å²) in [7, 11) is -3.90. The Bertz CT molecular complexity index is 664. The summed E-state index contributed by atoms with van der Waals surface area (Å²) >= 11 is 0. The van der Waals surface area contributed by atoms with Crippen LogP contribution in [0.4, 0.5) is 10.1 Å². The Morgan fingerprint density at radius 1 is 1.48 bits per heavy atom. The largest absolute Gasteiger partial charge is 0.328 e. The minimum Gasteiger partial charge on any atom is -0.328 e. The van der Waals surface area contributed by atoms with E-state index < -0.39 is 26.5 Å². The number of benzene rings is 1. The molecule has 0 spiro atoms. The van der Waals surface area contributed by atoms with E-state index >= 15 is 0 Å². The van der Waals surface area contributed by atoms with Gasteiger partial charge in [-0.15, -0.1) is 0 Å². The van der Waals surface area contributed by atoms with E-state index in [2.05, 4.69) is 0 Å². The van der Waals surface area contributed by atoms with E-state index in [4.69, 9.17) is 5.73 Å². The molecule has 21 heavy (non-hydrogen) atoms. The molecule has 1 saturated heterocycles. The van der Waals surface area contributed by atoms with Crippen molar-refractivity contribution in [2.45, 2.75) is 36.7 Å². The van der Waals surface area contributed by atoms with Crippen LogP contribution >= 0.6 is 0 Å². The third kappa shape index (κ3) is 3.04. The van der Waals surface area contributed by atoms with Crippen LogP contribution in [0.2, 0.25) is 0 Å². The van der Waals surface area contributed by atoms with Gasteiger partial charge in [0.05, 0.1) is 9.82 Å². The van der Waals surface area contributed by atoms with E-state index in [1.807, 2.05) is 0 Å². The minimum absolute atomic E-state index is 0.0611. The second-order valence-corrected chi connectivity index (χ2v) is 7.01. The van der Waals surface area contributed by atoms with Gasteiger partial charge in [-0.3, -0.25) is 10.1 Å². The van der Waals surface area contributed by atoms with Gasteiger partial charge in [-0.1, -0.05) is 0 Å². The van der Waals surface area contributed by atoms with Crippen molar-refractivity contribution in [1.82, 2.24) is 4.31 Å². The van der Waals surface area contributed by atoms with Crippen LogP contribution in [0.5, 0.6) is 0 Å². The standard InChI is InChI=1S/C12H16FN3O4S/c1-8-6-9(14)4-5-15(8)21(19,20)10-2-3-11(13)12(7-10)16(17)18/h2-3,7-9H,4-6,14H2,1H3. The minimum atomic E-state index is -3.90. The van der Waals surface area contributed by atoms with Crippen molar-refractivity contribution in [3.63, 3.8) is 0 Å². The first-order valence-corrected chi connectivity index (χ1v) is 7.89. The number of nitrogens with two attached hydrogens (primary N) is 1. The summed E-state index contributed by atoms with van der Waals surface area (Å²) in [4.78, 5) is 9.50. The van der Waals surface area contributed by atoms with Gasteiger partial charge in [0.15, 0.2) is 0 Å². The topological polar surface area (TPSA) is 107 Å². The third-order valence-corrected chi connectivity index (χ3v) is 5.59. The summed E-state index contributed by atoms with van der Waals surface area (Å²) < 4.78 is 39.6. The molecule has 2 unspecified atom stereocenters. The normalized spacial score (nSPS) is 24.0. The number of nitrogens with zero attached hydrogens (tertiary/aromatic N) is 2. The number of rotatable bonds is 3. The number of sulfonamides is 1. The number of nitro groups is 1. The molecule has 0 radical (unpaired) electrons. The van der Waals surface area contributed by atoms with Crippen molar-refractivity contribution in [3.05, 3.63) is 34.1 Å². The first-order valence-electron chi connectivity index (χ1n) is 6.45. The van der Waals surface area contributed by atoms with Gasteiger partial charge in [-0.25, -0.2) is 8.42 Å². The molecule has 0 aromatic heterocycles. The predicted octanol–water partition coefficient (Wildman–Crippen LogP) is 1.23. The Morgan fingerprint density at radius 3 is 2.71 bits per heavy atom. The molecule has 0 aliphatic carbocycles. The predicted molar refractivity (Wildman–Crippen MR) is 73.6 cm³/mol. The summed E-state index contributed by atoms with van der Waals surface area (Å²) in [6, 6.07) is 2.23. The summed E-state index contributed by atoms with van der Waals surface area (Å²) in [6.07, 6.45) is 1.04. The number of halogens is 1. The monoisotopic (exact) mass is 317 g/mol. The molecule has 2 rings (SSSR count). The molecule has 1 aromatic rings. The number of hydrogen-bond acceptors (Lipinski definition) is 5. The van der Waals surface area contributed by atoms with Crippen LogP contribution < -0.4 is 5.73 Å². The smallest absolute Gasteiger partial charge is 0.306 e. The highest BCUT2D eigenvalue weighted by molar-refractivity contribution is 7.89. The van der Waals surface area contributed by atoms with Gasteiger partial charge in [0, 0.05) is 24.7 Å². The highest BCUT2D eigenvalue weighted by Gasteiger charge is 2.34. The molecule has 0 saturated carbocycles. The Labute approximate surface area is 121 Å². The molecule has 1 heterocycles. The quantitative estimate of drug-likeness (QED) is 0.666. The van der Waals surface area contributed by atoms with Crippen molar-refractivity contribution in [1.29, 1.82) is 0 Å². The maximum atomic E-state index is 13.3. The highest BCUT2D eigenvalue weighted by atomic mass is 32.2. The first kappa shape index (κ1) is 15.8. The van der Waals surface area contributed by atoms with Crippen molar-refractivity contribution >= 4 is 15.7 Å². The second-order valence-electron chi connectivity index (χ2n) is 5.12. The van der Waals surface area contributed by atoms with E-state index in [1.165, 1.54) is 4.31 Å². The van der Waals surface area contributed by atoms with Gasteiger partial charge >= 0.3 is 5.69 Å². The molecule has 2 atom stereocenters. The van der Waals surface area contributed by atoms with Gasteiger partial charge in [0.1, 0.15) is 0 Å². The van der Waals surface area contributed by atoms with E-state index in [0.717, 1.165) is 18.2 Å². The lowest BCUT2D eigenvalue weighted by Crippen LogP contribution is -2.48. The van der Waals surface area contributed by atoms with Gasteiger partial charge in [0.2, 0.25) is 15.8 Å². The molecule has 0 amide bonds. The lowest BCUT2D eigenvalue weighted by atomic mass is 10.0. The number of nitro benzene ring substituents is 1. The SMILES string of the molecule is CC1CC(N)CCN1S(=O)(=O)c1ccc(F)c([N+](=O)[O-])c1. The molecule has 116 valence electrons. The second kappa shape index (κ2) is 5.66. The Kier molecular flexibility index (Phi) is 4.26. The zero-order valence-electron chi connectivity index (χ0n) is 11.4. The van der Waals surface area contributed by atoms with Gasteiger partial charge in [0.25, 0.3) is 0 Å². The molecule has 1 aliphatic heterocycles. The molecule has 9 heteroatoms. The molecule has 0 bridgehead atoms. The van der Waals surface area contributed by atoms with Crippen LogP contribution in [-0.4, -0.2) is 36.3 Å².